The van der Waals surface area contributed by atoms with E-state index >= 15 is 0 Å². The van der Waals surface area contributed by atoms with Crippen LogP contribution in [0, 0.1) is 12.3 Å². The van der Waals surface area contributed by atoms with E-state index in [9.17, 15) is 0 Å². The van der Waals surface area contributed by atoms with Gasteiger partial charge in [-0.05, 0) is 24.0 Å². The topological polar surface area (TPSA) is 39.2 Å². The molecule has 0 fully saturated rings. The molecule has 0 aliphatic heterocycles. The van der Waals surface area contributed by atoms with Crippen molar-refractivity contribution in [3.05, 3.63) is 23.7 Å². The predicted molar refractivity (Wildman–Crippen MR) is 67.0 cm³/mol. The average Bonchev–Trinajstić information content (AvgIpc) is 2.50. The zero-order valence-electron chi connectivity index (χ0n) is 10.0. The minimum atomic E-state index is 0.186. The molecule has 86 valence electrons. The highest BCUT2D eigenvalue weighted by molar-refractivity contribution is 7.98. The molecule has 0 saturated heterocycles. The van der Waals surface area contributed by atoms with Gasteiger partial charge in [0, 0.05) is 11.8 Å². The van der Waals surface area contributed by atoms with E-state index in [0.29, 0.717) is 0 Å². The SMILES string of the molecule is Cc1ccoc1CSCC(N)C(C)(C)C. The highest BCUT2D eigenvalue weighted by atomic mass is 32.2. The Labute approximate surface area is 96.6 Å². The molecule has 0 radical (unpaired) electrons. The lowest BCUT2D eigenvalue weighted by molar-refractivity contribution is 0.344. The fraction of sp³-hybridized carbons (Fsp3) is 0.667. The van der Waals surface area contributed by atoms with Gasteiger partial charge < -0.3 is 10.2 Å². The summed E-state index contributed by atoms with van der Waals surface area (Å²) < 4.78 is 5.37. The van der Waals surface area contributed by atoms with Gasteiger partial charge in [0.15, 0.2) is 0 Å². The molecule has 0 bridgehead atoms. The van der Waals surface area contributed by atoms with Gasteiger partial charge >= 0.3 is 0 Å². The minimum absolute atomic E-state index is 0.186. The second-order valence-electron chi connectivity index (χ2n) is 5.01. The van der Waals surface area contributed by atoms with E-state index in [-0.39, 0.29) is 11.5 Å². The lowest BCUT2D eigenvalue weighted by Gasteiger charge is -2.26. The van der Waals surface area contributed by atoms with E-state index in [2.05, 4.69) is 27.7 Å². The lowest BCUT2D eigenvalue weighted by Crippen LogP contribution is -2.37. The quantitative estimate of drug-likeness (QED) is 0.858. The molecule has 1 aromatic rings. The molecule has 1 heterocycles. The highest BCUT2D eigenvalue weighted by Crippen LogP contribution is 2.23. The van der Waals surface area contributed by atoms with Gasteiger partial charge in [0.05, 0.1) is 12.0 Å². The standard InChI is InChI=1S/C12H21NOS/c1-9-5-6-14-10(9)7-15-8-11(13)12(2,3)4/h5-6,11H,7-8,13H2,1-4H3. The molecular weight excluding hydrogens is 206 g/mol. The molecule has 1 atom stereocenters. The van der Waals surface area contributed by atoms with Crippen LogP contribution in [0.1, 0.15) is 32.1 Å². The van der Waals surface area contributed by atoms with E-state index in [1.54, 1.807) is 6.26 Å². The molecule has 0 aliphatic carbocycles. The third-order valence-electron chi connectivity index (χ3n) is 2.61. The van der Waals surface area contributed by atoms with Crippen molar-refractivity contribution >= 4 is 11.8 Å². The van der Waals surface area contributed by atoms with Crippen molar-refractivity contribution in [2.75, 3.05) is 5.75 Å². The Kier molecular flexibility index (Phi) is 4.29. The molecule has 0 saturated carbocycles. The maximum Gasteiger partial charge on any atom is 0.116 e. The van der Waals surface area contributed by atoms with Crippen molar-refractivity contribution in [3.63, 3.8) is 0 Å². The van der Waals surface area contributed by atoms with Crippen molar-refractivity contribution in [1.82, 2.24) is 0 Å². The smallest absolute Gasteiger partial charge is 0.116 e. The maximum atomic E-state index is 6.08. The number of hydrogen-bond acceptors (Lipinski definition) is 3. The van der Waals surface area contributed by atoms with Gasteiger partial charge in [0.1, 0.15) is 5.76 Å². The van der Waals surface area contributed by atoms with Crippen LogP contribution >= 0.6 is 11.8 Å². The Morgan fingerprint density at radius 2 is 2.13 bits per heavy atom. The van der Waals surface area contributed by atoms with Gasteiger partial charge in [-0.25, -0.2) is 0 Å². The molecule has 3 heteroatoms. The highest BCUT2D eigenvalue weighted by Gasteiger charge is 2.20. The van der Waals surface area contributed by atoms with E-state index in [1.165, 1.54) is 5.56 Å². The van der Waals surface area contributed by atoms with Gasteiger partial charge in [-0.3, -0.25) is 0 Å². The lowest BCUT2D eigenvalue weighted by atomic mass is 9.89. The molecule has 0 amide bonds. The second kappa shape index (κ2) is 5.08. The van der Waals surface area contributed by atoms with Gasteiger partial charge in [0.2, 0.25) is 0 Å². The Morgan fingerprint density at radius 1 is 1.47 bits per heavy atom. The van der Waals surface area contributed by atoms with Crippen LogP contribution in [0.15, 0.2) is 16.7 Å². The van der Waals surface area contributed by atoms with E-state index in [4.69, 9.17) is 10.2 Å². The van der Waals surface area contributed by atoms with Crippen LogP contribution in [-0.4, -0.2) is 11.8 Å². The molecule has 15 heavy (non-hydrogen) atoms. The van der Waals surface area contributed by atoms with Crippen LogP contribution in [0.5, 0.6) is 0 Å². The molecule has 2 N–H and O–H groups in total. The molecule has 2 nitrogen and oxygen atoms in total. The molecule has 1 unspecified atom stereocenters. The Hall–Kier alpha value is -0.410. The van der Waals surface area contributed by atoms with Crippen LogP contribution < -0.4 is 5.73 Å². The van der Waals surface area contributed by atoms with E-state index in [1.807, 2.05) is 17.8 Å². The summed E-state index contributed by atoms with van der Waals surface area (Å²) in [5, 5.41) is 0. The van der Waals surface area contributed by atoms with E-state index < -0.39 is 0 Å². The molecule has 0 aliphatic rings. The van der Waals surface area contributed by atoms with E-state index in [0.717, 1.165) is 17.3 Å². The van der Waals surface area contributed by atoms with Crippen molar-refractivity contribution in [2.45, 2.75) is 39.5 Å². The Balaban J connectivity index is 2.31. The zero-order chi connectivity index (χ0) is 11.5. The van der Waals surface area contributed by atoms with Gasteiger partial charge in [-0.1, -0.05) is 20.8 Å². The zero-order valence-corrected chi connectivity index (χ0v) is 10.9. The number of furan rings is 1. The maximum absolute atomic E-state index is 6.08. The fourth-order valence-electron chi connectivity index (χ4n) is 1.08. The van der Waals surface area contributed by atoms with Crippen LogP contribution in [0.3, 0.4) is 0 Å². The second-order valence-corrected chi connectivity index (χ2v) is 6.04. The monoisotopic (exact) mass is 227 g/mol. The minimum Gasteiger partial charge on any atom is -0.468 e. The summed E-state index contributed by atoms with van der Waals surface area (Å²) in [4.78, 5) is 0. The summed E-state index contributed by atoms with van der Waals surface area (Å²) in [6.07, 6.45) is 1.74. The van der Waals surface area contributed by atoms with Gasteiger partial charge in [0.25, 0.3) is 0 Å². The Bertz CT molecular complexity index is 301. The molecule has 1 aromatic heterocycles. The third-order valence-corrected chi connectivity index (χ3v) is 3.67. The normalized spacial score (nSPS) is 14.2. The van der Waals surface area contributed by atoms with Gasteiger partial charge in [-0.2, -0.15) is 11.8 Å². The summed E-state index contributed by atoms with van der Waals surface area (Å²) in [6, 6.07) is 2.23. The molecule has 0 aromatic carbocycles. The molecule has 1 rings (SSSR count). The third kappa shape index (κ3) is 3.92. The van der Waals surface area contributed by atoms with Crippen molar-refractivity contribution in [2.24, 2.45) is 11.1 Å². The summed E-state index contributed by atoms with van der Waals surface area (Å²) in [5.41, 5.74) is 7.49. The summed E-state index contributed by atoms with van der Waals surface area (Å²) in [5.74, 6) is 2.97. The first-order chi connectivity index (χ1) is 6.91. The largest absolute Gasteiger partial charge is 0.468 e. The number of hydrogen-bond donors (Lipinski definition) is 1. The first kappa shape index (κ1) is 12.7. The van der Waals surface area contributed by atoms with Crippen molar-refractivity contribution in [1.29, 1.82) is 0 Å². The fourth-order valence-corrected chi connectivity index (χ4v) is 2.43. The molecular formula is C12H21NOS. The van der Waals surface area contributed by atoms with Crippen molar-refractivity contribution in [3.8, 4) is 0 Å². The molecule has 0 spiro atoms. The van der Waals surface area contributed by atoms with Crippen LogP contribution in [0.2, 0.25) is 0 Å². The van der Waals surface area contributed by atoms with Crippen LogP contribution in [-0.2, 0) is 5.75 Å². The first-order valence-electron chi connectivity index (χ1n) is 5.27. The number of aryl methyl sites for hydroxylation is 1. The van der Waals surface area contributed by atoms with Gasteiger partial charge in [-0.15, -0.1) is 0 Å². The van der Waals surface area contributed by atoms with Crippen LogP contribution in [0.25, 0.3) is 0 Å². The number of thioether (sulfide) groups is 1. The summed E-state index contributed by atoms with van der Waals surface area (Å²) in [7, 11) is 0. The first-order valence-corrected chi connectivity index (χ1v) is 6.43. The number of nitrogens with two attached hydrogens (primary N) is 1. The Morgan fingerprint density at radius 3 is 2.60 bits per heavy atom. The van der Waals surface area contributed by atoms with Crippen molar-refractivity contribution < 1.29 is 4.42 Å². The number of rotatable bonds is 4. The average molecular weight is 227 g/mol. The van der Waals surface area contributed by atoms with Crippen LogP contribution in [0.4, 0.5) is 0 Å². The predicted octanol–water partition coefficient (Wildman–Crippen LogP) is 3.19. The summed E-state index contributed by atoms with van der Waals surface area (Å²) >= 11 is 1.84. The summed E-state index contributed by atoms with van der Waals surface area (Å²) in [6.45, 7) is 8.60.